The number of nitrogens with zero attached hydrogens (tertiary/aromatic N) is 1. The van der Waals surface area contributed by atoms with E-state index < -0.39 is 17.9 Å². The normalized spacial score (nSPS) is 21.4. The topological polar surface area (TPSA) is 91.0 Å². The summed E-state index contributed by atoms with van der Waals surface area (Å²) < 4.78 is 21.8. The number of ether oxygens (including phenoxy) is 3. The molecule has 1 aromatic heterocycles. The first-order valence-electron chi connectivity index (χ1n) is 7.33. The SMILES string of the molecule is CCOC(=O)c1noc([C@@H](C)O)c1C1(C)OCC(C)(C)CO1. The Kier molecular flexibility index (Phi) is 4.60. The first-order valence-corrected chi connectivity index (χ1v) is 7.33. The predicted octanol–water partition coefficient (Wildman–Crippen LogP) is 2.15. The minimum Gasteiger partial charge on any atom is -0.461 e. The number of aliphatic hydroxyl groups excluding tert-OH is 1. The summed E-state index contributed by atoms with van der Waals surface area (Å²) >= 11 is 0. The molecular weight excluding hydrogens is 290 g/mol. The van der Waals surface area contributed by atoms with Crippen molar-refractivity contribution in [3.63, 3.8) is 0 Å². The average Bonchev–Trinajstić information content (AvgIpc) is 2.89. The third-order valence-corrected chi connectivity index (χ3v) is 3.50. The van der Waals surface area contributed by atoms with E-state index in [2.05, 4.69) is 5.16 Å². The van der Waals surface area contributed by atoms with Gasteiger partial charge in [0, 0.05) is 5.41 Å². The van der Waals surface area contributed by atoms with E-state index in [1.54, 1.807) is 13.8 Å². The second-order valence-electron chi connectivity index (χ2n) is 6.35. The second kappa shape index (κ2) is 5.98. The maximum atomic E-state index is 12.1. The minimum atomic E-state index is -1.22. The highest BCUT2D eigenvalue weighted by Crippen LogP contribution is 2.40. The van der Waals surface area contributed by atoms with E-state index in [0.717, 1.165) is 0 Å². The summed E-state index contributed by atoms with van der Waals surface area (Å²) in [5.74, 6) is -1.71. The molecule has 0 unspecified atom stereocenters. The van der Waals surface area contributed by atoms with E-state index in [4.69, 9.17) is 18.7 Å². The average molecular weight is 313 g/mol. The molecule has 0 aliphatic carbocycles. The minimum absolute atomic E-state index is 0.0278. The van der Waals surface area contributed by atoms with Crippen LogP contribution in [0.15, 0.2) is 4.52 Å². The highest BCUT2D eigenvalue weighted by atomic mass is 16.7. The fourth-order valence-electron chi connectivity index (χ4n) is 2.26. The maximum absolute atomic E-state index is 12.1. The second-order valence-corrected chi connectivity index (χ2v) is 6.35. The maximum Gasteiger partial charge on any atom is 0.361 e. The monoisotopic (exact) mass is 313 g/mol. The first-order chi connectivity index (χ1) is 10.2. The Balaban J connectivity index is 2.43. The van der Waals surface area contributed by atoms with E-state index in [1.165, 1.54) is 6.92 Å². The molecule has 1 saturated heterocycles. The lowest BCUT2D eigenvalue weighted by atomic mass is 9.93. The van der Waals surface area contributed by atoms with Crippen LogP contribution < -0.4 is 0 Å². The molecule has 7 nitrogen and oxygen atoms in total. The highest BCUT2D eigenvalue weighted by Gasteiger charge is 2.45. The van der Waals surface area contributed by atoms with Crippen molar-refractivity contribution in [2.24, 2.45) is 5.41 Å². The number of rotatable bonds is 4. The van der Waals surface area contributed by atoms with E-state index >= 15 is 0 Å². The molecule has 0 aromatic carbocycles. The zero-order valence-electron chi connectivity index (χ0n) is 13.6. The van der Waals surface area contributed by atoms with Crippen molar-refractivity contribution in [3.8, 4) is 0 Å². The lowest BCUT2D eigenvalue weighted by molar-refractivity contribution is -0.299. The van der Waals surface area contributed by atoms with Gasteiger partial charge in [-0.25, -0.2) is 4.79 Å². The molecule has 1 atom stereocenters. The number of carbonyl (C=O) groups excluding carboxylic acids is 1. The van der Waals surface area contributed by atoms with Crippen LogP contribution in [0.5, 0.6) is 0 Å². The number of aromatic nitrogens is 1. The van der Waals surface area contributed by atoms with Crippen LogP contribution in [0.25, 0.3) is 0 Å². The third kappa shape index (κ3) is 3.16. The summed E-state index contributed by atoms with van der Waals surface area (Å²) in [6.45, 7) is 10.0. The van der Waals surface area contributed by atoms with Gasteiger partial charge in [0.05, 0.1) is 25.4 Å². The van der Waals surface area contributed by atoms with Crippen LogP contribution in [-0.2, 0) is 20.0 Å². The van der Waals surface area contributed by atoms with Crippen LogP contribution in [0.1, 0.15) is 62.5 Å². The van der Waals surface area contributed by atoms with E-state index in [0.29, 0.717) is 13.2 Å². The van der Waals surface area contributed by atoms with E-state index in [1.807, 2.05) is 13.8 Å². The van der Waals surface area contributed by atoms with Crippen LogP contribution >= 0.6 is 0 Å². The van der Waals surface area contributed by atoms with Crippen molar-refractivity contribution >= 4 is 5.97 Å². The smallest absolute Gasteiger partial charge is 0.361 e. The molecule has 0 amide bonds. The van der Waals surface area contributed by atoms with Crippen molar-refractivity contribution in [1.29, 1.82) is 0 Å². The van der Waals surface area contributed by atoms with Crippen LogP contribution in [0.3, 0.4) is 0 Å². The number of aliphatic hydroxyl groups is 1. The lowest BCUT2D eigenvalue weighted by Gasteiger charge is -2.41. The molecule has 0 radical (unpaired) electrons. The quantitative estimate of drug-likeness (QED) is 0.851. The van der Waals surface area contributed by atoms with Gasteiger partial charge in [0.15, 0.2) is 17.2 Å². The van der Waals surface area contributed by atoms with Gasteiger partial charge in [-0.1, -0.05) is 19.0 Å². The summed E-state index contributed by atoms with van der Waals surface area (Å²) in [4.78, 5) is 12.1. The van der Waals surface area contributed by atoms with Gasteiger partial charge in [-0.05, 0) is 20.8 Å². The van der Waals surface area contributed by atoms with Crippen molar-refractivity contribution in [1.82, 2.24) is 5.16 Å². The van der Waals surface area contributed by atoms with Gasteiger partial charge in [-0.15, -0.1) is 0 Å². The number of hydrogen-bond acceptors (Lipinski definition) is 7. The summed E-state index contributed by atoms with van der Waals surface area (Å²) in [5.41, 5.74) is 0.127. The molecule has 1 fully saturated rings. The van der Waals surface area contributed by atoms with Gasteiger partial charge >= 0.3 is 5.97 Å². The van der Waals surface area contributed by atoms with Crippen LogP contribution in [-0.4, -0.2) is 36.1 Å². The van der Waals surface area contributed by atoms with E-state index in [-0.39, 0.29) is 29.0 Å². The molecule has 124 valence electrons. The highest BCUT2D eigenvalue weighted by molar-refractivity contribution is 5.89. The van der Waals surface area contributed by atoms with Gasteiger partial charge in [-0.2, -0.15) is 0 Å². The largest absolute Gasteiger partial charge is 0.461 e. The Labute approximate surface area is 129 Å². The van der Waals surface area contributed by atoms with Crippen molar-refractivity contribution < 1.29 is 28.6 Å². The van der Waals surface area contributed by atoms with Crippen LogP contribution in [0.4, 0.5) is 0 Å². The molecule has 0 spiro atoms. The molecule has 1 aliphatic rings. The summed E-state index contributed by atoms with van der Waals surface area (Å²) in [6, 6.07) is 0. The molecule has 22 heavy (non-hydrogen) atoms. The van der Waals surface area contributed by atoms with Gasteiger partial charge in [-0.3, -0.25) is 0 Å². The Morgan fingerprint density at radius 2 is 1.95 bits per heavy atom. The molecule has 1 aliphatic heterocycles. The molecule has 1 N–H and O–H groups in total. The Morgan fingerprint density at radius 3 is 2.45 bits per heavy atom. The van der Waals surface area contributed by atoms with Crippen LogP contribution in [0.2, 0.25) is 0 Å². The van der Waals surface area contributed by atoms with E-state index in [9.17, 15) is 9.90 Å². The standard InChI is InChI=1S/C15H23NO6/c1-6-19-13(18)11-10(12(9(2)17)22-16-11)15(5)20-7-14(3,4)8-21-15/h9,17H,6-8H2,1-5H3/t9-/m1/s1. The van der Waals surface area contributed by atoms with Gasteiger partial charge in [0.1, 0.15) is 6.10 Å². The first kappa shape index (κ1) is 16.9. The van der Waals surface area contributed by atoms with Gasteiger partial charge in [0.2, 0.25) is 0 Å². The Hall–Kier alpha value is -1.44. The van der Waals surface area contributed by atoms with Crippen LogP contribution in [0, 0.1) is 5.41 Å². The third-order valence-electron chi connectivity index (χ3n) is 3.50. The molecule has 0 saturated carbocycles. The van der Waals surface area contributed by atoms with Gasteiger partial charge < -0.3 is 23.8 Å². The van der Waals surface area contributed by atoms with Crippen molar-refractivity contribution in [2.75, 3.05) is 19.8 Å². The summed E-state index contributed by atoms with van der Waals surface area (Å²) in [6.07, 6.45) is -0.954. The number of hydrogen-bond donors (Lipinski definition) is 1. The molecule has 1 aromatic rings. The summed E-state index contributed by atoms with van der Waals surface area (Å²) in [5, 5.41) is 13.6. The number of esters is 1. The van der Waals surface area contributed by atoms with Crippen molar-refractivity contribution in [2.45, 2.75) is 46.5 Å². The Bertz CT molecular complexity index is 538. The fraction of sp³-hybridized carbons (Fsp3) is 0.733. The summed E-state index contributed by atoms with van der Waals surface area (Å²) in [7, 11) is 0. The number of carbonyl (C=O) groups is 1. The molecule has 0 bridgehead atoms. The fourth-order valence-corrected chi connectivity index (χ4v) is 2.26. The zero-order valence-corrected chi connectivity index (χ0v) is 13.6. The van der Waals surface area contributed by atoms with Crippen molar-refractivity contribution in [3.05, 3.63) is 17.0 Å². The molecular formula is C15H23NO6. The molecule has 2 heterocycles. The zero-order chi connectivity index (χ0) is 16.5. The molecule has 2 rings (SSSR count). The predicted molar refractivity (Wildman–Crippen MR) is 76.1 cm³/mol. The lowest BCUT2D eigenvalue weighted by Crippen LogP contribution is -2.44. The van der Waals surface area contributed by atoms with Gasteiger partial charge in [0.25, 0.3) is 0 Å². The Morgan fingerprint density at radius 1 is 1.36 bits per heavy atom. The molecule has 7 heteroatoms.